The van der Waals surface area contributed by atoms with Gasteiger partial charge in [-0.15, -0.1) is 0 Å². The molecule has 0 radical (unpaired) electrons. The third-order valence-electron chi connectivity index (χ3n) is 2.07. The van der Waals surface area contributed by atoms with E-state index in [4.69, 9.17) is 18.0 Å². The maximum absolute atomic E-state index is 5.51. The number of halogens is 1. The molecule has 0 atom stereocenters. The van der Waals surface area contributed by atoms with Crippen LogP contribution in [-0.2, 0) is 0 Å². The highest BCUT2D eigenvalue weighted by molar-refractivity contribution is 9.10. The number of thiocarbonyl (C=S) groups is 1. The minimum atomic E-state index is 0.323. The van der Waals surface area contributed by atoms with Gasteiger partial charge in [0.2, 0.25) is 0 Å². The molecule has 72 valence electrons. The van der Waals surface area contributed by atoms with E-state index in [2.05, 4.69) is 20.9 Å². The Morgan fingerprint density at radius 3 is 2.93 bits per heavy atom. The molecule has 2 N–H and O–H groups in total. The summed E-state index contributed by atoms with van der Waals surface area (Å²) >= 11 is 8.32. The van der Waals surface area contributed by atoms with Gasteiger partial charge in [-0.25, -0.2) is 4.98 Å². The first kappa shape index (κ1) is 9.61. The molecule has 0 unspecified atom stereocenters. The van der Waals surface area contributed by atoms with Gasteiger partial charge in [-0.2, -0.15) is 0 Å². The first-order chi connectivity index (χ1) is 6.59. The maximum atomic E-state index is 5.51. The van der Waals surface area contributed by atoms with Crippen molar-refractivity contribution < 1.29 is 0 Å². The van der Waals surface area contributed by atoms with E-state index in [0.717, 1.165) is 15.8 Å². The molecule has 2 heterocycles. The van der Waals surface area contributed by atoms with Crippen molar-refractivity contribution in [2.75, 3.05) is 0 Å². The van der Waals surface area contributed by atoms with Gasteiger partial charge >= 0.3 is 0 Å². The van der Waals surface area contributed by atoms with Crippen LogP contribution in [0.5, 0.6) is 0 Å². The molecule has 0 aliphatic heterocycles. The fourth-order valence-corrected chi connectivity index (χ4v) is 1.70. The number of nitrogens with two attached hydrogens (primary N) is 1. The van der Waals surface area contributed by atoms with Gasteiger partial charge in [-0.1, -0.05) is 12.2 Å². The van der Waals surface area contributed by atoms with E-state index in [9.17, 15) is 0 Å². The predicted molar refractivity (Wildman–Crippen MR) is 63.5 cm³/mol. The van der Waals surface area contributed by atoms with Crippen LogP contribution < -0.4 is 5.73 Å². The van der Waals surface area contributed by atoms with Crippen molar-refractivity contribution in [2.24, 2.45) is 5.73 Å². The van der Waals surface area contributed by atoms with Gasteiger partial charge in [0.1, 0.15) is 16.3 Å². The highest BCUT2D eigenvalue weighted by Crippen LogP contribution is 2.18. The van der Waals surface area contributed by atoms with Crippen LogP contribution in [0, 0.1) is 6.92 Å². The molecule has 2 rings (SSSR count). The summed E-state index contributed by atoms with van der Waals surface area (Å²) in [7, 11) is 0. The highest BCUT2D eigenvalue weighted by Gasteiger charge is 2.06. The van der Waals surface area contributed by atoms with Gasteiger partial charge < -0.3 is 10.1 Å². The van der Waals surface area contributed by atoms with Gasteiger partial charge in [0.15, 0.2) is 0 Å². The normalized spacial score (nSPS) is 10.7. The zero-order valence-electron chi connectivity index (χ0n) is 7.49. The number of hydrogen-bond acceptors (Lipinski definition) is 2. The second-order valence-corrected chi connectivity index (χ2v) is 4.28. The van der Waals surface area contributed by atoms with Gasteiger partial charge in [0.25, 0.3) is 0 Å². The lowest BCUT2D eigenvalue weighted by Crippen LogP contribution is -2.09. The SMILES string of the molecule is Cc1c(Br)ccc2nc(C(N)=S)cn12. The monoisotopic (exact) mass is 269 g/mol. The van der Waals surface area contributed by atoms with Gasteiger partial charge in [-0.3, -0.25) is 0 Å². The third-order valence-corrected chi connectivity index (χ3v) is 3.12. The number of rotatable bonds is 1. The molecule has 14 heavy (non-hydrogen) atoms. The van der Waals surface area contributed by atoms with Crippen LogP contribution in [0.15, 0.2) is 22.8 Å². The molecule has 0 spiro atoms. The second-order valence-electron chi connectivity index (χ2n) is 2.99. The average Bonchev–Trinajstić information content (AvgIpc) is 2.56. The number of fused-ring (bicyclic) bond motifs is 1. The van der Waals surface area contributed by atoms with Crippen LogP contribution in [0.2, 0.25) is 0 Å². The maximum Gasteiger partial charge on any atom is 0.137 e. The van der Waals surface area contributed by atoms with Crippen LogP contribution in [0.1, 0.15) is 11.4 Å². The molecule has 2 aromatic heterocycles. The number of pyridine rings is 1. The molecule has 0 bridgehead atoms. The van der Waals surface area contributed by atoms with Crippen molar-refractivity contribution in [3.63, 3.8) is 0 Å². The third kappa shape index (κ3) is 1.42. The number of imidazole rings is 1. The van der Waals surface area contributed by atoms with E-state index in [1.54, 1.807) is 0 Å². The number of aromatic nitrogens is 2. The topological polar surface area (TPSA) is 43.3 Å². The molecule has 5 heteroatoms. The predicted octanol–water partition coefficient (Wildman–Crippen LogP) is 2.04. The summed E-state index contributed by atoms with van der Waals surface area (Å²) in [4.78, 5) is 4.61. The first-order valence-corrected chi connectivity index (χ1v) is 5.24. The largest absolute Gasteiger partial charge is 0.388 e. The molecule has 3 nitrogen and oxygen atoms in total. The smallest absolute Gasteiger partial charge is 0.137 e. The minimum Gasteiger partial charge on any atom is -0.388 e. The number of nitrogens with zero attached hydrogens (tertiary/aromatic N) is 2. The molecule has 2 aromatic rings. The zero-order valence-corrected chi connectivity index (χ0v) is 9.89. The lowest BCUT2D eigenvalue weighted by atomic mass is 10.4. The van der Waals surface area contributed by atoms with Crippen molar-refractivity contribution in [3.8, 4) is 0 Å². The molecule has 0 aromatic carbocycles. The minimum absolute atomic E-state index is 0.323. The van der Waals surface area contributed by atoms with E-state index >= 15 is 0 Å². The summed E-state index contributed by atoms with van der Waals surface area (Å²) in [5.41, 5.74) is 8.10. The van der Waals surface area contributed by atoms with E-state index in [0.29, 0.717) is 10.7 Å². The summed E-state index contributed by atoms with van der Waals surface area (Å²) in [6, 6.07) is 3.87. The van der Waals surface area contributed by atoms with Crippen molar-refractivity contribution in [2.45, 2.75) is 6.92 Å². The Labute approximate surface area is 95.1 Å². The number of aryl methyl sites for hydroxylation is 1. The van der Waals surface area contributed by atoms with E-state index in [-0.39, 0.29) is 0 Å². The number of hydrogen-bond donors (Lipinski definition) is 1. The zero-order chi connectivity index (χ0) is 10.3. The molecule has 0 aliphatic rings. The van der Waals surface area contributed by atoms with E-state index in [1.165, 1.54) is 0 Å². The lowest BCUT2D eigenvalue weighted by molar-refractivity contribution is 1.08. The van der Waals surface area contributed by atoms with Crippen LogP contribution in [0.3, 0.4) is 0 Å². The second kappa shape index (κ2) is 3.33. The van der Waals surface area contributed by atoms with Crippen LogP contribution in [0.25, 0.3) is 5.65 Å². The van der Waals surface area contributed by atoms with E-state index < -0.39 is 0 Å². The van der Waals surface area contributed by atoms with Crippen LogP contribution >= 0.6 is 28.1 Å². The van der Waals surface area contributed by atoms with Crippen LogP contribution in [-0.4, -0.2) is 14.4 Å². The fourth-order valence-electron chi connectivity index (χ4n) is 1.28. The summed E-state index contributed by atoms with van der Waals surface area (Å²) in [5.74, 6) is 0. The molecular weight excluding hydrogens is 262 g/mol. The Hall–Kier alpha value is -0.940. The fraction of sp³-hybridized carbons (Fsp3) is 0.111. The average molecular weight is 270 g/mol. The Balaban J connectivity index is 2.77. The van der Waals surface area contributed by atoms with Crippen molar-refractivity contribution >= 4 is 38.8 Å². The molecule has 0 fully saturated rings. The van der Waals surface area contributed by atoms with Crippen LogP contribution in [0.4, 0.5) is 0 Å². The van der Waals surface area contributed by atoms with Crippen molar-refractivity contribution in [1.29, 1.82) is 0 Å². The summed E-state index contributed by atoms with van der Waals surface area (Å²) in [6.45, 7) is 2.00. The van der Waals surface area contributed by atoms with Crippen molar-refractivity contribution in [3.05, 3.63) is 34.2 Å². The van der Waals surface area contributed by atoms with Gasteiger partial charge in [0, 0.05) is 16.4 Å². The summed E-state index contributed by atoms with van der Waals surface area (Å²) < 4.78 is 3.00. The van der Waals surface area contributed by atoms with Gasteiger partial charge in [0.05, 0.1) is 0 Å². The summed E-state index contributed by atoms with van der Waals surface area (Å²) in [6.07, 6.45) is 1.84. The molecule has 0 saturated carbocycles. The Kier molecular flexibility index (Phi) is 2.28. The molecule has 0 saturated heterocycles. The Bertz CT molecular complexity index is 518. The van der Waals surface area contributed by atoms with E-state index in [1.807, 2.05) is 29.7 Å². The first-order valence-electron chi connectivity index (χ1n) is 4.03. The highest BCUT2D eigenvalue weighted by atomic mass is 79.9. The standard InChI is InChI=1S/C9H8BrN3S/c1-5-6(10)2-3-8-12-7(9(11)14)4-13(5)8/h2-4H,1H3,(H2,11,14). The lowest BCUT2D eigenvalue weighted by Gasteiger charge is -2.00. The van der Waals surface area contributed by atoms with Gasteiger partial charge in [-0.05, 0) is 35.0 Å². The molecule has 0 amide bonds. The Morgan fingerprint density at radius 2 is 2.29 bits per heavy atom. The molecule has 0 aliphatic carbocycles. The quantitative estimate of drug-likeness (QED) is 0.806. The molecular formula is C9H8BrN3S. The van der Waals surface area contributed by atoms with Crippen molar-refractivity contribution in [1.82, 2.24) is 9.38 Å². The Morgan fingerprint density at radius 1 is 1.57 bits per heavy atom. The summed E-state index contributed by atoms with van der Waals surface area (Å²) in [5, 5.41) is 0.